The first-order valence-electron chi connectivity index (χ1n) is 5.07. The van der Waals surface area contributed by atoms with Crippen LogP contribution >= 0.6 is 0 Å². The largest absolute Gasteiger partial charge is 0.294 e. The summed E-state index contributed by atoms with van der Waals surface area (Å²) >= 11 is 0. The number of fused-ring (bicyclic) bond motifs is 2. The Hall–Kier alpha value is -1.25. The van der Waals surface area contributed by atoms with Gasteiger partial charge in [0.05, 0.1) is 5.41 Å². The summed E-state index contributed by atoms with van der Waals surface area (Å²) in [6.45, 7) is 0. The van der Waals surface area contributed by atoms with Crippen molar-refractivity contribution in [1.29, 1.82) is 0 Å². The normalized spacial score (nSPS) is 31.5. The number of Topliss-reactive ketones (excluding diaryl/α,β-unsaturated/α-hetero) is 1. The molecular weight excluding hydrogens is 198 g/mol. The predicted molar refractivity (Wildman–Crippen MR) is 51.2 cm³/mol. The lowest BCUT2D eigenvalue weighted by Gasteiger charge is -2.24. The summed E-state index contributed by atoms with van der Waals surface area (Å²) in [5, 5.41) is 0. The molecule has 1 aromatic rings. The molecule has 0 radical (unpaired) electrons. The summed E-state index contributed by atoms with van der Waals surface area (Å²) in [4.78, 5) is 11.6. The first-order chi connectivity index (χ1) is 7.07. The molecule has 15 heavy (non-hydrogen) atoms. The second kappa shape index (κ2) is 2.46. The molecule has 1 saturated carbocycles. The van der Waals surface area contributed by atoms with Crippen LogP contribution in [0.5, 0.6) is 0 Å². The molecule has 1 unspecified atom stereocenters. The molecule has 0 N–H and O–H groups in total. The van der Waals surface area contributed by atoms with E-state index >= 15 is 0 Å². The Morgan fingerprint density at radius 2 is 1.87 bits per heavy atom. The van der Waals surface area contributed by atoms with Crippen LogP contribution in [-0.4, -0.2) is 11.7 Å². The molecule has 0 bridgehead atoms. The zero-order valence-corrected chi connectivity index (χ0v) is 8.09. The van der Waals surface area contributed by atoms with Crippen LogP contribution in [0.2, 0.25) is 0 Å². The second-order valence-corrected chi connectivity index (χ2v) is 4.43. The Morgan fingerprint density at radius 1 is 1.20 bits per heavy atom. The Bertz CT molecular complexity index is 453. The topological polar surface area (TPSA) is 17.1 Å². The number of benzene rings is 1. The minimum Gasteiger partial charge on any atom is -0.294 e. The van der Waals surface area contributed by atoms with E-state index in [-0.39, 0.29) is 18.6 Å². The summed E-state index contributed by atoms with van der Waals surface area (Å²) in [7, 11) is 0. The van der Waals surface area contributed by atoms with Gasteiger partial charge < -0.3 is 0 Å². The third-order valence-electron chi connectivity index (χ3n) is 3.62. The minimum absolute atomic E-state index is 0.000995. The predicted octanol–water partition coefficient (Wildman–Crippen LogP) is 2.94. The molecule has 78 valence electrons. The van der Waals surface area contributed by atoms with E-state index in [9.17, 15) is 13.6 Å². The Morgan fingerprint density at radius 3 is 2.53 bits per heavy atom. The summed E-state index contributed by atoms with van der Waals surface area (Å²) in [5.74, 6) is -2.61. The van der Waals surface area contributed by atoms with Crippen molar-refractivity contribution in [3.63, 3.8) is 0 Å². The molecule has 1 atom stereocenters. The standard InChI is InChI=1S/C12H10F2O/c13-12(14)7-11(12)6-5-10(15)8-3-1-2-4-9(8)11/h1-4H,5-7H2. The SMILES string of the molecule is O=C1CCC2(CC2(F)F)c2ccccc21. The maximum Gasteiger partial charge on any atom is 0.258 e. The van der Waals surface area contributed by atoms with Crippen molar-refractivity contribution in [3.05, 3.63) is 35.4 Å². The van der Waals surface area contributed by atoms with E-state index in [4.69, 9.17) is 0 Å². The van der Waals surface area contributed by atoms with Crippen LogP contribution in [0.3, 0.4) is 0 Å². The number of ketones is 1. The molecule has 1 fully saturated rings. The van der Waals surface area contributed by atoms with Gasteiger partial charge in [0.25, 0.3) is 5.92 Å². The van der Waals surface area contributed by atoms with E-state index in [2.05, 4.69) is 0 Å². The lowest BCUT2D eigenvalue weighted by molar-refractivity contribution is 0.0776. The number of alkyl halides is 2. The summed E-state index contributed by atoms with van der Waals surface area (Å²) in [6.07, 6.45) is 0.465. The summed E-state index contributed by atoms with van der Waals surface area (Å²) in [6, 6.07) is 6.80. The molecule has 2 aliphatic rings. The van der Waals surface area contributed by atoms with Crippen molar-refractivity contribution < 1.29 is 13.6 Å². The van der Waals surface area contributed by atoms with Crippen molar-refractivity contribution in [3.8, 4) is 0 Å². The molecule has 1 aromatic carbocycles. The highest BCUT2D eigenvalue weighted by Crippen LogP contribution is 2.66. The van der Waals surface area contributed by atoms with Crippen LogP contribution in [-0.2, 0) is 5.41 Å². The summed E-state index contributed by atoms with van der Waals surface area (Å²) in [5.41, 5.74) is 0.0458. The van der Waals surface area contributed by atoms with Gasteiger partial charge in [-0.05, 0) is 12.0 Å². The van der Waals surface area contributed by atoms with E-state index in [1.165, 1.54) is 0 Å². The van der Waals surface area contributed by atoms with Crippen molar-refractivity contribution >= 4 is 5.78 Å². The molecule has 1 spiro atoms. The number of halogens is 2. The van der Waals surface area contributed by atoms with E-state index in [0.717, 1.165) is 0 Å². The van der Waals surface area contributed by atoms with E-state index in [0.29, 0.717) is 17.5 Å². The highest BCUT2D eigenvalue weighted by molar-refractivity contribution is 5.99. The van der Waals surface area contributed by atoms with Crippen LogP contribution < -0.4 is 0 Å². The first-order valence-corrected chi connectivity index (χ1v) is 5.07. The second-order valence-electron chi connectivity index (χ2n) is 4.43. The van der Waals surface area contributed by atoms with E-state index < -0.39 is 11.3 Å². The van der Waals surface area contributed by atoms with Crippen LogP contribution in [0.4, 0.5) is 8.78 Å². The van der Waals surface area contributed by atoms with Gasteiger partial charge in [-0.25, -0.2) is 8.78 Å². The van der Waals surface area contributed by atoms with Gasteiger partial charge in [-0.1, -0.05) is 24.3 Å². The third-order valence-corrected chi connectivity index (χ3v) is 3.62. The van der Waals surface area contributed by atoms with Gasteiger partial charge in [0.1, 0.15) is 0 Å². The molecule has 0 aliphatic heterocycles. The maximum absolute atomic E-state index is 13.4. The lowest BCUT2D eigenvalue weighted by Crippen LogP contribution is -2.26. The quantitative estimate of drug-likeness (QED) is 0.640. The smallest absolute Gasteiger partial charge is 0.258 e. The fraction of sp³-hybridized carbons (Fsp3) is 0.417. The van der Waals surface area contributed by atoms with Crippen LogP contribution in [0.15, 0.2) is 24.3 Å². The van der Waals surface area contributed by atoms with Gasteiger partial charge in [0, 0.05) is 18.4 Å². The highest BCUT2D eigenvalue weighted by Gasteiger charge is 2.72. The zero-order chi connectivity index (χ0) is 10.7. The van der Waals surface area contributed by atoms with Gasteiger partial charge in [-0.3, -0.25) is 4.79 Å². The van der Waals surface area contributed by atoms with Gasteiger partial charge >= 0.3 is 0 Å². The van der Waals surface area contributed by atoms with Crippen LogP contribution in [0.1, 0.15) is 35.2 Å². The van der Waals surface area contributed by atoms with Gasteiger partial charge in [0.15, 0.2) is 5.78 Å². The number of carbonyl (C=O) groups excluding carboxylic acids is 1. The minimum atomic E-state index is -2.61. The Labute approximate surface area is 86.1 Å². The fourth-order valence-corrected chi connectivity index (χ4v) is 2.64. The van der Waals surface area contributed by atoms with E-state index in [1.54, 1.807) is 24.3 Å². The third kappa shape index (κ3) is 0.981. The highest BCUT2D eigenvalue weighted by atomic mass is 19.3. The number of rotatable bonds is 0. The molecule has 3 heteroatoms. The molecule has 0 heterocycles. The van der Waals surface area contributed by atoms with Crippen molar-refractivity contribution in [1.82, 2.24) is 0 Å². The van der Waals surface area contributed by atoms with Crippen molar-refractivity contribution in [2.45, 2.75) is 30.6 Å². The lowest BCUT2D eigenvalue weighted by atomic mass is 9.79. The average molecular weight is 208 g/mol. The molecule has 3 rings (SSSR count). The fourth-order valence-electron chi connectivity index (χ4n) is 2.64. The number of hydrogen-bond acceptors (Lipinski definition) is 1. The summed E-state index contributed by atoms with van der Waals surface area (Å²) < 4.78 is 26.7. The molecule has 0 amide bonds. The van der Waals surface area contributed by atoms with Gasteiger partial charge in [0.2, 0.25) is 0 Å². The Balaban J connectivity index is 2.19. The van der Waals surface area contributed by atoms with Crippen molar-refractivity contribution in [2.75, 3.05) is 0 Å². The first kappa shape index (κ1) is 9.01. The molecule has 0 aromatic heterocycles. The molecule has 0 saturated heterocycles. The zero-order valence-electron chi connectivity index (χ0n) is 8.09. The Kier molecular flexibility index (Phi) is 1.48. The van der Waals surface area contributed by atoms with Gasteiger partial charge in [-0.15, -0.1) is 0 Å². The van der Waals surface area contributed by atoms with Gasteiger partial charge in [-0.2, -0.15) is 0 Å². The number of carbonyl (C=O) groups is 1. The van der Waals surface area contributed by atoms with Crippen LogP contribution in [0, 0.1) is 0 Å². The molecule has 1 nitrogen and oxygen atoms in total. The maximum atomic E-state index is 13.4. The van der Waals surface area contributed by atoms with Crippen LogP contribution in [0.25, 0.3) is 0 Å². The van der Waals surface area contributed by atoms with Crippen molar-refractivity contribution in [2.24, 2.45) is 0 Å². The molecular formula is C12H10F2O. The monoisotopic (exact) mass is 208 g/mol. The average Bonchev–Trinajstić information content (AvgIpc) is 2.77. The molecule has 2 aliphatic carbocycles. The van der Waals surface area contributed by atoms with E-state index in [1.807, 2.05) is 0 Å². The number of hydrogen-bond donors (Lipinski definition) is 0.